The van der Waals surface area contributed by atoms with Crippen LogP contribution in [0.1, 0.15) is 65.5 Å². The van der Waals surface area contributed by atoms with Crippen LogP contribution >= 0.6 is 0 Å². The van der Waals surface area contributed by atoms with Gasteiger partial charge in [-0.25, -0.2) is 4.98 Å². The molecule has 6 nitrogen and oxygen atoms in total. The SMILES string of the molecule is COc1ccc(C(=O)N2CCC3(CCc4c3nc(C3CC3)[nH]c4=O)CC2)cc1. The number of carbonyl (C=O) groups excluding carboxylic acids is 1. The molecule has 3 aliphatic rings. The molecular formula is C22H25N3O3. The first-order chi connectivity index (χ1) is 13.6. The molecule has 2 heterocycles. The van der Waals surface area contributed by atoms with Crippen LogP contribution in [0.4, 0.5) is 0 Å². The number of ether oxygens (including phenoxy) is 1. The summed E-state index contributed by atoms with van der Waals surface area (Å²) in [6, 6.07) is 7.28. The quantitative estimate of drug-likeness (QED) is 0.890. The Kier molecular flexibility index (Phi) is 4.03. The molecule has 2 fully saturated rings. The summed E-state index contributed by atoms with van der Waals surface area (Å²) in [5.74, 6) is 2.13. The lowest BCUT2D eigenvalue weighted by atomic mass is 9.76. The van der Waals surface area contributed by atoms with Crippen LogP contribution in [0.2, 0.25) is 0 Å². The number of carbonyl (C=O) groups is 1. The van der Waals surface area contributed by atoms with Crippen molar-refractivity contribution in [2.75, 3.05) is 20.2 Å². The molecule has 2 aliphatic carbocycles. The van der Waals surface area contributed by atoms with Crippen LogP contribution in [0.25, 0.3) is 0 Å². The zero-order valence-corrected chi connectivity index (χ0v) is 16.2. The Hall–Kier alpha value is -2.63. The van der Waals surface area contributed by atoms with Gasteiger partial charge < -0.3 is 14.6 Å². The maximum Gasteiger partial charge on any atom is 0.254 e. The van der Waals surface area contributed by atoms with Crippen LogP contribution in [0.3, 0.4) is 0 Å². The molecule has 2 aromatic rings. The minimum Gasteiger partial charge on any atom is -0.497 e. The first-order valence-corrected chi connectivity index (χ1v) is 10.2. The van der Waals surface area contributed by atoms with Crippen molar-refractivity contribution in [1.82, 2.24) is 14.9 Å². The second-order valence-corrected chi connectivity index (χ2v) is 8.35. The molecule has 5 rings (SSSR count). The van der Waals surface area contributed by atoms with Crippen molar-refractivity contribution in [3.05, 3.63) is 57.3 Å². The van der Waals surface area contributed by atoms with E-state index in [9.17, 15) is 9.59 Å². The van der Waals surface area contributed by atoms with E-state index in [1.807, 2.05) is 29.2 Å². The van der Waals surface area contributed by atoms with Crippen molar-refractivity contribution in [1.29, 1.82) is 0 Å². The normalized spacial score (nSPS) is 20.2. The minimum absolute atomic E-state index is 0.0378. The number of methoxy groups -OCH3 is 1. The largest absolute Gasteiger partial charge is 0.497 e. The highest BCUT2D eigenvalue weighted by molar-refractivity contribution is 5.94. The molecule has 1 amide bonds. The molecule has 1 saturated heterocycles. The number of fused-ring (bicyclic) bond motifs is 2. The van der Waals surface area contributed by atoms with Gasteiger partial charge in [0.15, 0.2) is 0 Å². The van der Waals surface area contributed by atoms with E-state index in [0.717, 1.165) is 61.4 Å². The lowest BCUT2D eigenvalue weighted by Gasteiger charge is -2.39. The third kappa shape index (κ3) is 2.82. The first-order valence-electron chi connectivity index (χ1n) is 10.2. The third-order valence-corrected chi connectivity index (χ3v) is 6.70. The van der Waals surface area contributed by atoms with Gasteiger partial charge in [-0.05, 0) is 62.8 Å². The second kappa shape index (κ2) is 6.47. The Bertz CT molecular complexity index is 968. The van der Waals surface area contributed by atoms with Crippen molar-refractivity contribution in [2.24, 2.45) is 0 Å². The molecule has 1 spiro atoms. The Morgan fingerprint density at radius 1 is 1.18 bits per heavy atom. The fourth-order valence-electron chi connectivity index (χ4n) is 4.76. The molecule has 1 aromatic heterocycles. The standard InChI is InChI=1S/C22H25N3O3/c1-28-16-6-4-15(5-7-16)21(27)25-12-10-22(11-13-25)9-8-17-18(22)23-19(14-2-3-14)24-20(17)26/h4-7,14H,2-3,8-13H2,1H3,(H,23,24,26). The number of H-pyrrole nitrogens is 1. The number of likely N-dealkylation sites (tertiary alicyclic amines) is 1. The number of rotatable bonds is 3. The molecule has 6 heteroatoms. The summed E-state index contributed by atoms with van der Waals surface area (Å²) in [7, 11) is 1.62. The van der Waals surface area contributed by atoms with Gasteiger partial charge in [0, 0.05) is 35.5 Å². The molecule has 0 unspecified atom stereocenters. The fraction of sp³-hybridized carbons (Fsp3) is 0.500. The topological polar surface area (TPSA) is 75.3 Å². The van der Waals surface area contributed by atoms with Crippen LogP contribution in [-0.2, 0) is 11.8 Å². The summed E-state index contributed by atoms with van der Waals surface area (Å²) in [6.07, 6.45) is 5.77. The van der Waals surface area contributed by atoms with Gasteiger partial charge in [0.1, 0.15) is 11.6 Å². The number of aromatic nitrogens is 2. The van der Waals surface area contributed by atoms with Crippen LogP contribution < -0.4 is 10.3 Å². The monoisotopic (exact) mass is 379 g/mol. The Labute approximate surface area is 163 Å². The average Bonchev–Trinajstić information content (AvgIpc) is 3.52. The van der Waals surface area contributed by atoms with Crippen molar-refractivity contribution in [2.45, 2.75) is 49.9 Å². The third-order valence-electron chi connectivity index (χ3n) is 6.70. The van der Waals surface area contributed by atoms with Crippen molar-refractivity contribution >= 4 is 5.91 Å². The van der Waals surface area contributed by atoms with E-state index >= 15 is 0 Å². The molecule has 1 saturated carbocycles. The maximum atomic E-state index is 12.9. The van der Waals surface area contributed by atoms with E-state index in [1.165, 1.54) is 0 Å². The van der Waals surface area contributed by atoms with Crippen LogP contribution in [0.15, 0.2) is 29.1 Å². The number of aromatic amines is 1. The van der Waals surface area contributed by atoms with Gasteiger partial charge in [0.05, 0.1) is 12.8 Å². The predicted molar refractivity (Wildman–Crippen MR) is 105 cm³/mol. The maximum absolute atomic E-state index is 12.9. The molecule has 1 aromatic carbocycles. The van der Waals surface area contributed by atoms with Crippen LogP contribution in [0, 0.1) is 0 Å². The summed E-state index contributed by atoms with van der Waals surface area (Å²) < 4.78 is 5.17. The Balaban J connectivity index is 1.35. The number of nitrogens with one attached hydrogen (secondary N) is 1. The number of amides is 1. The highest BCUT2D eigenvalue weighted by Gasteiger charge is 2.45. The highest BCUT2D eigenvalue weighted by atomic mass is 16.5. The fourth-order valence-corrected chi connectivity index (χ4v) is 4.76. The lowest BCUT2D eigenvalue weighted by molar-refractivity contribution is 0.0663. The van der Waals surface area contributed by atoms with Gasteiger partial charge in [-0.1, -0.05) is 0 Å². The number of piperidine rings is 1. The average molecular weight is 379 g/mol. The van der Waals surface area contributed by atoms with E-state index < -0.39 is 0 Å². The highest BCUT2D eigenvalue weighted by Crippen LogP contribution is 2.46. The van der Waals surface area contributed by atoms with Crippen LogP contribution in [-0.4, -0.2) is 41.0 Å². The lowest BCUT2D eigenvalue weighted by Crippen LogP contribution is -2.45. The molecule has 0 atom stereocenters. The van der Waals surface area contributed by atoms with Gasteiger partial charge in [0.2, 0.25) is 0 Å². The van der Waals surface area contributed by atoms with E-state index in [1.54, 1.807) is 7.11 Å². The molecule has 0 radical (unpaired) electrons. The minimum atomic E-state index is -0.0378. The molecule has 0 bridgehead atoms. The molecular weight excluding hydrogens is 354 g/mol. The van der Waals surface area contributed by atoms with E-state index in [2.05, 4.69) is 4.98 Å². The number of hydrogen-bond donors (Lipinski definition) is 1. The first kappa shape index (κ1) is 17.5. The van der Waals surface area contributed by atoms with Gasteiger partial charge in [-0.15, -0.1) is 0 Å². The summed E-state index contributed by atoms with van der Waals surface area (Å²) in [5, 5.41) is 0. The van der Waals surface area contributed by atoms with Crippen LogP contribution in [0.5, 0.6) is 5.75 Å². The van der Waals surface area contributed by atoms with Crippen molar-refractivity contribution in [3.63, 3.8) is 0 Å². The number of hydrogen-bond acceptors (Lipinski definition) is 4. The zero-order chi connectivity index (χ0) is 19.3. The van der Waals surface area contributed by atoms with E-state index in [0.29, 0.717) is 24.6 Å². The van der Waals surface area contributed by atoms with E-state index in [4.69, 9.17) is 9.72 Å². The molecule has 28 heavy (non-hydrogen) atoms. The Morgan fingerprint density at radius 3 is 2.54 bits per heavy atom. The number of benzene rings is 1. The van der Waals surface area contributed by atoms with Gasteiger partial charge in [-0.3, -0.25) is 9.59 Å². The summed E-state index contributed by atoms with van der Waals surface area (Å²) in [6.45, 7) is 1.41. The zero-order valence-electron chi connectivity index (χ0n) is 16.2. The Morgan fingerprint density at radius 2 is 1.89 bits per heavy atom. The summed E-state index contributed by atoms with van der Waals surface area (Å²) in [4.78, 5) is 35.3. The molecule has 1 aliphatic heterocycles. The van der Waals surface area contributed by atoms with Crippen molar-refractivity contribution in [3.8, 4) is 5.75 Å². The summed E-state index contributed by atoms with van der Waals surface area (Å²) >= 11 is 0. The van der Waals surface area contributed by atoms with Gasteiger partial charge in [0.25, 0.3) is 11.5 Å². The van der Waals surface area contributed by atoms with E-state index in [-0.39, 0.29) is 16.9 Å². The second-order valence-electron chi connectivity index (χ2n) is 8.35. The predicted octanol–water partition coefficient (Wildman–Crippen LogP) is 2.78. The number of nitrogens with zero attached hydrogens (tertiary/aromatic N) is 2. The smallest absolute Gasteiger partial charge is 0.254 e. The van der Waals surface area contributed by atoms with Crippen molar-refractivity contribution < 1.29 is 9.53 Å². The molecule has 146 valence electrons. The molecule has 1 N–H and O–H groups in total. The van der Waals surface area contributed by atoms with Gasteiger partial charge >= 0.3 is 0 Å². The summed E-state index contributed by atoms with van der Waals surface area (Å²) in [5.41, 5.74) is 2.60. The van der Waals surface area contributed by atoms with Gasteiger partial charge in [-0.2, -0.15) is 0 Å².